The molecule has 0 aliphatic carbocycles. The van der Waals surface area contributed by atoms with E-state index in [1.807, 2.05) is 30.0 Å². The van der Waals surface area contributed by atoms with Gasteiger partial charge in [-0.3, -0.25) is 4.99 Å². The van der Waals surface area contributed by atoms with Crippen LogP contribution in [-0.4, -0.2) is 35.5 Å². The molecule has 6 heteroatoms. The SMILES string of the molecule is CN=C(NCc1nc(-c2ccccc2)cs1)NCC(C)(C)SC. The van der Waals surface area contributed by atoms with Crippen molar-refractivity contribution in [2.45, 2.75) is 25.1 Å². The van der Waals surface area contributed by atoms with Crippen molar-refractivity contribution >= 4 is 29.1 Å². The highest BCUT2D eigenvalue weighted by atomic mass is 32.2. The van der Waals surface area contributed by atoms with Crippen LogP contribution in [-0.2, 0) is 6.54 Å². The van der Waals surface area contributed by atoms with Crippen molar-refractivity contribution < 1.29 is 0 Å². The molecule has 0 unspecified atom stereocenters. The Bertz CT molecular complexity index is 635. The second-order valence-corrected chi connectivity index (χ2v) is 8.19. The number of nitrogens with one attached hydrogen (secondary N) is 2. The number of rotatable bonds is 6. The molecule has 0 bridgehead atoms. The number of hydrogen-bond acceptors (Lipinski definition) is 4. The Labute approximate surface area is 146 Å². The summed E-state index contributed by atoms with van der Waals surface area (Å²) in [4.78, 5) is 8.95. The fraction of sp³-hybridized carbons (Fsp3) is 0.412. The topological polar surface area (TPSA) is 49.3 Å². The maximum absolute atomic E-state index is 4.68. The molecule has 1 aromatic heterocycles. The molecule has 2 N–H and O–H groups in total. The molecule has 0 atom stereocenters. The Morgan fingerprint density at radius 1 is 1.26 bits per heavy atom. The van der Waals surface area contributed by atoms with Crippen LogP contribution >= 0.6 is 23.1 Å². The highest BCUT2D eigenvalue weighted by Crippen LogP contribution is 2.21. The van der Waals surface area contributed by atoms with E-state index in [0.717, 1.165) is 28.8 Å². The van der Waals surface area contributed by atoms with E-state index < -0.39 is 0 Å². The molecule has 124 valence electrons. The number of aliphatic imine (C=N–C) groups is 1. The third kappa shape index (κ3) is 5.55. The molecule has 0 amide bonds. The van der Waals surface area contributed by atoms with Crippen LogP contribution in [0.1, 0.15) is 18.9 Å². The van der Waals surface area contributed by atoms with E-state index in [1.54, 1.807) is 18.4 Å². The zero-order chi connectivity index (χ0) is 16.7. The smallest absolute Gasteiger partial charge is 0.191 e. The van der Waals surface area contributed by atoms with Gasteiger partial charge in [0.1, 0.15) is 5.01 Å². The zero-order valence-corrected chi connectivity index (χ0v) is 15.7. The summed E-state index contributed by atoms with van der Waals surface area (Å²) in [6, 6.07) is 10.2. The second kappa shape index (κ2) is 8.36. The Balaban J connectivity index is 1.89. The molecular formula is C17H24N4S2. The molecule has 0 saturated heterocycles. The maximum atomic E-state index is 4.68. The van der Waals surface area contributed by atoms with Gasteiger partial charge in [0.15, 0.2) is 5.96 Å². The molecule has 0 radical (unpaired) electrons. The summed E-state index contributed by atoms with van der Waals surface area (Å²) >= 11 is 3.50. The van der Waals surface area contributed by atoms with E-state index in [-0.39, 0.29) is 4.75 Å². The van der Waals surface area contributed by atoms with Gasteiger partial charge in [-0.2, -0.15) is 11.8 Å². The minimum absolute atomic E-state index is 0.180. The van der Waals surface area contributed by atoms with Crippen LogP contribution < -0.4 is 10.6 Å². The largest absolute Gasteiger partial charge is 0.355 e. The standard InChI is InChI=1S/C17H24N4S2/c1-17(2,22-4)12-20-16(18-3)19-10-15-21-14(11-23-15)13-8-6-5-7-9-13/h5-9,11H,10,12H2,1-4H3,(H2,18,19,20). The van der Waals surface area contributed by atoms with Crippen molar-refractivity contribution in [3.05, 3.63) is 40.7 Å². The van der Waals surface area contributed by atoms with Crippen molar-refractivity contribution in [3.8, 4) is 11.3 Å². The molecular weight excluding hydrogens is 324 g/mol. The first-order valence-electron chi connectivity index (χ1n) is 7.53. The first-order valence-corrected chi connectivity index (χ1v) is 9.64. The van der Waals surface area contributed by atoms with Crippen molar-refractivity contribution in [1.82, 2.24) is 15.6 Å². The van der Waals surface area contributed by atoms with Crippen LogP contribution in [0.25, 0.3) is 11.3 Å². The Kier molecular flexibility index (Phi) is 6.47. The fourth-order valence-corrected chi connectivity index (χ4v) is 2.84. The third-order valence-corrected chi connectivity index (χ3v) is 5.58. The molecule has 0 fully saturated rings. The van der Waals surface area contributed by atoms with E-state index in [2.05, 4.69) is 58.2 Å². The van der Waals surface area contributed by atoms with E-state index in [1.165, 1.54) is 0 Å². The molecule has 2 rings (SSSR count). The maximum Gasteiger partial charge on any atom is 0.191 e. The first kappa shape index (κ1) is 17.8. The summed E-state index contributed by atoms with van der Waals surface area (Å²) in [6.07, 6.45) is 2.12. The Morgan fingerprint density at radius 3 is 2.65 bits per heavy atom. The number of aromatic nitrogens is 1. The predicted octanol–water partition coefficient (Wildman–Crippen LogP) is 3.62. The normalized spacial score (nSPS) is 12.3. The Morgan fingerprint density at radius 2 is 2.00 bits per heavy atom. The average molecular weight is 349 g/mol. The lowest BCUT2D eigenvalue weighted by Gasteiger charge is -2.23. The van der Waals surface area contributed by atoms with Gasteiger partial charge in [0.2, 0.25) is 0 Å². The summed E-state index contributed by atoms with van der Waals surface area (Å²) in [5, 5.41) is 9.84. The molecule has 1 aromatic carbocycles. The first-order chi connectivity index (χ1) is 11.0. The summed E-state index contributed by atoms with van der Waals surface area (Å²) in [5.41, 5.74) is 2.18. The third-order valence-electron chi connectivity index (χ3n) is 3.49. The number of benzene rings is 1. The number of nitrogens with zero attached hydrogens (tertiary/aromatic N) is 2. The van der Waals surface area contributed by atoms with Gasteiger partial charge < -0.3 is 10.6 Å². The molecule has 4 nitrogen and oxygen atoms in total. The van der Waals surface area contributed by atoms with Gasteiger partial charge in [0.05, 0.1) is 12.2 Å². The van der Waals surface area contributed by atoms with Crippen molar-refractivity contribution in [3.63, 3.8) is 0 Å². The summed E-state index contributed by atoms with van der Waals surface area (Å²) in [6.45, 7) is 5.97. The highest BCUT2D eigenvalue weighted by molar-refractivity contribution is 7.99. The van der Waals surface area contributed by atoms with Crippen LogP contribution in [0.15, 0.2) is 40.7 Å². The Hall–Kier alpha value is -1.53. The summed E-state index contributed by atoms with van der Waals surface area (Å²) < 4.78 is 0.180. The monoisotopic (exact) mass is 348 g/mol. The van der Waals surface area contributed by atoms with Crippen LogP contribution in [0, 0.1) is 0 Å². The van der Waals surface area contributed by atoms with Gasteiger partial charge >= 0.3 is 0 Å². The molecule has 23 heavy (non-hydrogen) atoms. The highest BCUT2D eigenvalue weighted by Gasteiger charge is 2.16. The van der Waals surface area contributed by atoms with Crippen LogP contribution in [0.3, 0.4) is 0 Å². The van der Waals surface area contributed by atoms with Crippen molar-refractivity contribution in [2.75, 3.05) is 19.8 Å². The fourth-order valence-electron chi connectivity index (χ4n) is 1.88. The van der Waals surface area contributed by atoms with Crippen LogP contribution in [0.5, 0.6) is 0 Å². The summed E-state index contributed by atoms with van der Waals surface area (Å²) in [5.74, 6) is 0.809. The number of thioether (sulfide) groups is 1. The van der Waals surface area contributed by atoms with Gasteiger partial charge in [0, 0.05) is 29.3 Å². The average Bonchev–Trinajstić information content (AvgIpc) is 3.05. The zero-order valence-electron chi connectivity index (χ0n) is 14.1. The lowest BCUT2D eigenvalue weighted by Crippen LogP contribution is -2.42. The quantitative estimate of drug-likeness (QED) is 0.618. The van der Waals surface area contributed by atoms with E-state index >= 15 is 0 Å². The molecule has 1 heterocycles. The predicted molar refractivity (Wildman–Crippen MR) is 103 cm³/mol. The lowest BCUT2D eigenvalue weighted by molar-refractivity contribution is 0.664. The van der Waals surface area contributed by atoms with E-state index in [9.17, 15) is 0 Å². The minimum atomic E-state index is 0.180. The number of thiazole rings is 1. The molecule has 2 aromatic rings. The number of hydrogen-bond donors (Lipinski definition) is 2. The van der Waals surface area contributed by atoms with Gasteiger partial charge in [-0.25, -0.2) is 4.98 Å². The second-order valence-electron chi connectivity index (χ2n) is 5.74. The molecule has 0 aliphatic rings. The molecule has 0 saturated carbocycles. The minimum Gasteiger partial charge on any atom is -0.355 e. The van der Waals surface area contributed by atoms with E-state index in [0.29, 0.717) is 6.54 Å². The lowest BCUT2D eigenvalue weighted by atomic mass is 10.2. The van der Waals surface area contributed by atoms with Gasteiger partial charge in [0.25, 0.3) is 0 Å². The molecule has 0 aliphatic heterocycles. The van der Waals surface area contributed by atoms with Crippen molar-refractivity contribution in [1.29, 1.82) is 0 Å². The van der Waals surface area contributed by atoms with Gasteiger partial charge in [-0.05, 0) is 20.1 Å². The van der Waals surface area contributed by atoms with Crippen LogP contribution in [0.2, 0.25) is 0 Å². The van der Waals surface area contributed by atoms with Crippen molar-refractivity contribution in [2.24, 2.45) is 4.99 Å². The number of guanidine groups is 1. The van der Waals surface area contributed by atoms with Gasteiger partial charge in [-0.1, -0.05) is 30.3 Å². The summed E-state index contributed by atoms with van der Waals surface area (Å²) in [7, 11) is 1.79. The van der Waals surface area contributed by atoms with E-state index in [4.69, 9.17) is 0 Å². The van der Waals surface area contributed by atoms with Crippen LogP contribution in [0.4, 0.5) is 0 Å². The molecule has 0 spiro atoms. The van der Waals surface area contributed by atoms with Gasteiger partial charge in [-0.15, -0.1) is 11.3 Å².